The van der Waals surface area contributed by atoms with Crippen molar-refractivity contribution in [1.29, 1.82) is 0 Å². The number of hydrogen-bond donors (Lipinski definition) is 4. The van der Waals surface area contributed by atoms with Crippen LogP contribution in [0.15, 0.2) is 91.0 Å². The Morgan fingerprint density at radius 2 is 1.22 bits per heavy atom. The minimum Gasteiger partial charge on any atom is -0.445 e. The van der Waals surface area contributed by atoms with Crippen LogP contribution < -0.4 is 21.3 Å². The molecule has 1 fully saturated rings. The molecule has 3 aromatic rings. The number of hydrogen-bond acceptors (Lipinski definition) is 6. The van der Waals surface area contributed by atoms with Gasteiger partial charge in [-0.3, -0.25) is 19.2 Å². The first-order valence-corrected chi connectivity index (χ1v) is 17.2. The molecule has 0 radical (unpaired) electrons. The molecule has 3 aromatic carbocycles. The number of ether oxygens (including phenoxy) is 1. The monoisotopic (exact) mass is 668 g/mol. The quantitative estimate of drug-likeness (QED) is 0.144. The highest BCUT2D eigenvalue weighted by Gasteiger charge is 2.33. The number of amides is 4. The van der Waals surface area contributed by atoms with Crippen LogP contribution >= 0.6 is 0 Å². The molecule has 260 valence electrons. The number of carbonyl (C=O) groups is 5. The van der Waals surface area contributed by atoms with Gasteiger partial charge in [-0.15, -0.1) is 0 Å². The lowest BCUT2D eigenvalue weighted by atomic mass is 9.84. The van der Waals surface area contributed by atoms with Crippen molar-refractivity contribution in [2.75, 3.05) is 5.32 Å². The number of ketones is 1. The van der Waals surface area contributed by atoms with E-state index in [1.54, 1.807) is 30.3 Å². The predicted octanol–water partition coefficient (Wildman–Crippen LogP) is 5.72. The zero-order valence-corrected chi connectivity index (χ0v) is 28.4. The summed E-state index contributed by atoms with van der Waals surface area (Å²) in [4.78, 5) is 67.1. The highest BCUT2D eigenvalue weighted by Crippen LogP contribution is 2.27. The first-order chi connectivity index (χ1) is 23.7. The molecule has 0 bridgehead atoms. The van der Waals surface area contributed by atoms with Gasteiger partial charge in [0.05, 0.1) is 6.04 Å². The summed E-state index contributed by atoms with van der Waals surface area (Å²) in [6.45, 7) is 3.83. The van der Waals surface area contributed by atoms with E-state index in [-0.39, 0.29) is 31.3 Å². The molecule has 1 saturated carbocycles. The second-order valence-corrected chi connectivity index (χ2v) is 13.1. The molecule has 4 N–H and O–H groups in total. The number of carbonyl (C=O) groups excluding carboxylic acids is 5. The smallest absolute Gasteiger partial charge is 0.408 e. The van der Waals surface area contributed by atoms with Crippen LogP contribution in [-0.2, 0) is 36.9 Å². The van der Waals surface area contributed by atoms with Gasteiger partial charge < -0.3 is 26.0 Å². The SMILES string of the molecule is CC(C)C[C@H](NC(=O)[C@H](Cc1ccccc1)NC(=O)[C@H](CC1CCCCC1)NC(=O)OCc1ccccc1)C(=O)C(=O)Nc1ccccc1. The molecule has 0 aromatic heterocycles. The fourth-order valence-electron chi connectivity index (χ4n) is 6.07. The number of anilines is 1. The average Bonchev–Trinajstić information content (AvgIpc) is 3.11. The Morgan fingerprint density at radius 3 is 1.84 bits per heavy atom. The molecule has 10 nitrogen and oxygen atoms in total. The molecule has 10 heteroatoms. The third kappa shape index (κ3) is 12.5. The van der Waals surface area contributed by atoms with Crippen LogP contribution in [-0.4, -0.2) is 47.7 Å². The van der Waals surface area contributed by atoms with E-state index in [1.807, 2.05) is 74.5 Å². The van der Waals surface area contributed by atoms with Gasteiger partial charge in [-0.25, -0.2) is 4.79 Å². The Balaban J connectivity index is 1.51. The zero-order valence-electron chi connectivity index (χ0n) is 28.4. The van der Waals surface area contributed by atoms with Crippen LogP contribution in [0.2, 0.25) is 0 Å². The zero-order chi connectivity index (χ0) is 35.0. The van der Waals surface area contributed by atoms with Crippen molar-refractivity contribution in [2.24, 2.45) is 11.8 Å². The molecule has 49 heavy (non-hydrogen) atoms. The summed E-state index contributed by atoms with van der Waals surface area (Å²) >= 11 is 0. The summed E-state index contributed by atoms with van der Waals surface area (Å²) < 4.78 is 5.44. The van der Waals surface area contributed by atoms with Crippen molar-refractivity contribution >= 4 is 35.3 Å². The number of rotatable bonds is 16. The summed E-state index contributed by atoms with van der Waals surface area (Å²) in [6.07, 6.45) is 5.17. The summed E-state index contributed by atoms with van der Waals surface area (Å²) in [5.41, 5.74) is 2.06. The topological polar surface area (TPSA) is 143 Å². The van der Waals surface area contributed by atoms with Crippen molar-refractivity contribution < 1.29 is 28.7 Å². The molecular formula is C39H48N4O6. The van der Waals surface area contributed by atoms with Gasteiger partial charge >= 0.3 is 6.09 Å². The number of nitrogens with one attached hydrogen (secondary N) is 4. The Bertz CT molecular complexity index is 1510. The molecule has 0 saturated heterocycles. The van der Waals surface area contributed by atoms with Gasteiger partial charge in [0, 0.05) is 12.1 Å². The van der Waals surface area contributed by atoms with Gasteiger partial charge in [0.1, 0.15) is 18.7 Å². The summed E-state index contributed by atoms with van der Waals surface area (Å²) in [6, 6.07) is 23.9. The Morgan fingerprint density at radius 1 is 0.673 bits per heavy atom. The van der Waals surface area contributed by atoms with Crippen molar-refractivity contribution in [3.05, 3.63) is 102 Å². The first-order valence-electron chi connectivity index (χ1n) is 17.2. The van der Waals surface area contributed by atoms with Gasteiger partial charge in [-0.1, -0.05) is 125 Å². The average molecular weight is 669 g/mol. The maximum absolute atomic E-state index is 13.9. The maximum Gasteiger partial charge on any atom is 0.408 e. The van der Waals surface area contributed by atoms with Crippen LogP contribution in [0, 0.1) is 11.8 Å². The summed E-state index contributed by atoms with van der Waals surface area (Å²) in [5, 5.41) is 11.0. The minimum absolute atomic E-state index is 0.0214. The van der Waals surface area contributed by atoms with Crippen molar-refractivity contribution in [1.82, 2.24) is 16.0 Å². The van der Waals surface area contributed by atoms with E-state index in [2.05, 4.69) is 21.3 Å². The Hall–Kier alpha value is -4.99. The third-order valence-corrected chi connectivity index (χ3v) is 8.63. The number of para-hydroxylation sites is 1. The van der Waals surface area contributed by atoms with Gasteiger partial charge in [0.25, 0.3) is 5.91 Å². The van der Waals surface area contributed by atoms with E-state index in [0.717, 1.165) is 43.2 Å². The molecule has 4 rings (SSSR count). The van der Waals surface area contributed by atoms with Gasteiger partial charge in [0.15, 0.2) is 0 Å². The molecule has 1 aliphatic carbocycles. The van der Waals surface area contributed by atoms with E-state index in [0.29, 0.717) is 12.1 Å². The number of benzene rings is 3. The van der Waals surface area contributed by atoms with Crippen LogP contribution in [0.3, 0.4) is 0 Å². The molecule has 0 aliphatic heterocycles. The molecule has 4 amide bonds. The standard InChI is InChI=1S/C39H48N4O6/c1-27(2)23-32(35(44)38(47)40-31-21-13-6-14-22-31)41-36(45)33(24-28-15-7-3-8-16-28)42-37(46)34(25-29-17-9-4-10-18-29)43-39(48)49-26-30-19-11-5-12-20-30/h3,5-8,11-16,19-22,27,29,32-34H,4,9-10,17-18,23-26H2,1-2H3,(H,40,47)(H,41,45)(H,42,46)(H,43,48)/t32-,33-,34-/m0/s1. The molecule has 3 atom stereocenters. The minimum atomic E-state index is -1.12. The van der Waals surface area contributed by atoms with Crippen LogP contribution in [0.1, 0.15) is 69.9 Å². The summed E-state index contributed by atoms with van der Waals surface area (Å²) in [5.74, 6) is -2.54. The van der Waals surface area contributed by atoms with Crippen molar-refractivity contribution in [3.8, 4) is 0 Å². The second-order valence-electron chi connectivity index (χ2n) is 13.1. The normalized spacial score (nSPS) is 14.9. The number of Topliss-reactive ketones (excluding diaryl/α,β-unsaturated/α-hetero) is 1. The van der Waals surface area contributed by atoms with E-state index < -0.39 is 47.7 Å². The van der Waals surface area contributed by atoms with Gasteiger partial charge in [-0.2, -0.15) is 0 Å². The molecule has 0 heterocycles. The molecular weight excluding hydrogens is 620 g/mol. The highest BCUT2D eigenvalue weighted by molar-refractivity contribution is 6.42. The second kappa shape index (κ2) is 19.1. The van der Waals surface area contributed by atoms with E-state index >= 15 is 0 Å². The predicted molar refractivity (Wildman–Crippen MR) is 188 cm³/mol. The fourth-order valence-corrected chi connectivity index (χ4v) is 6.07. The number of alkyl carbamates (subject to hydrolysis) is 1. The van der Waals surface area contributed by atoms with Crippen molar-refractivity contribution in [3.63, 3.8) is 0 Å². The maximum atomic E-state index is 13.9. The van der Waals surface area contributed by atoms with Crippen LogP contribution in [0.4, 0.5) is 10.5 Å². The lowest BCUT2D eigenvalue weighted by Crippen LogP contribution is -2.57. The molecule has 0 unspecified atom stereocenters. The van der Waals surface area contributed by atoms with E-state index in [1.165, 1.54) is 0 Å². The third-order valence-electron chi connectivity index (χ3n) is 8.63. The molecule has 0 spiro atoms. The van der Waals surface area contributed by atoms with Crippen molar-refractivity contribution in [2.45, 2.75) is 89.9 Å². The van der Waals surface area contributed by atoms with Gasteiger partial charge in [0.2, 0.25) is 17.6 Å². The summed E-state index contributed by atoms with van der Waals surface area (Å²) in [7, 11) is 0. The van der Waals surface area contributed by atoms with E-state index in [4.69, 9.17) is 4.74 Å². The largest absolute Gasteiger partial charge is 0.445 e. The Kier molecular flexibility index (Phi) is 14.4. The van der Waals surface area contributed by atoms with Gasteiger partial charge in [-0.05, 0) is 47.9 Å². The van der Waals surface area contributed by atoms with Crippen LogP contribution in [0.5, 0.6) is 0 Å². The van der Waals surface area contributed by atoms with E-state index in [9.17, 15) is 24.0 Å². The first kappa shape index (κ1) is 36.8. The molecule has 1 aliphatic rings. The lowest BCUT2D eigenvalue weighted by molar-refractivity contribution is -0.138. The highest BCUT2D eigenvalue weighted by atomic mass is 16.5. The lowest BCUT2D eigenvalue weighted by Gasteiger charge is -2.28. The Labute approximate surface area is 288 Å². The van der Waals surface area contributed by atoms with Crippen LogP contribution in [0.25, 0.3) is 0 Å². The fraction of sp³-hybridized carbons (Fsp3) is 0.410.